The number of piperidine rings is 1. The topological polar surface area (TPSA) is 49.9 Å². The molecule has 5 heteroatoms. The normalized spacial score (nSPS) is 18.7. The lowest BCUT2D eigenvalue weighted by Crippen LogP contribution is -2.51. The van der Waals surface area contributed by atoms with Gasteiger partial charge in [-0.25, -0.2) is 9.69 Å². The average Bonchev–Trinajstić information content (AvgIpc) is 3.03. The SMILES string of the molecule is CCCCCCN1C(=O)OC2(CCN(C(c3ccccc3)c3ccccc3)CC2)C1=O. The van der Waals surface area contributed by atoms with Crippen molar-refractivity contribution in [2.45, 2.75) is 57.1 Å². The molecule has 2 amide bonds. The van der Waals surface area contributed by atoms with Crippen molar-refractivity contribution in [3.63, 3.8) is 0 Å². The van der Waals surface area contributed by atoms with Crippen LogP contribution < -0.4 is 0 Å². The van der Waals surface area contributed by atoms with Crippen LogP contribution in [0, 0.1) is 0 Å². The van der Waals surface area contributed by atoms with Crippen LogP contribution in [-0.4, -0.2) is 47.0 Å². The Morgan fingerprint density at radius 1 is 0.871 bits per heavy atom. The number of benzene rings is 2. The lowest BCUT2D eigenvalue weighted by Gasteiger charge is -2.40. The highest BCUT2D eigenvalue weighted by atomic mass is 16.6. The second-order valence-electron chi connectivity index (χ2n) is 8.64. The van der Waals surface area contributed by atoms with E-state index in [0.717, 1.165) is 25.7 Å². The number of amides is 2. The second-order valence-corrected chi connectivity index (χ2v) is 8.64. The average molecular weight is 421 g/mol. The van der Waals surface area contributed by atoms with Gasteiger partial charge in [0.05, 0.1) is 6.04 Å². The van der Waals surface area contributed by atoms with Gasteiger partial charge in [0.15, 0.2) is 5.60 Å². The van der Waals surface area contributed by atoms with Gasteiger partial charge in [-0.1, -0.05) is 86.8 Å². The molecular weight excluding hydrogens is 388 g/mol. The van der Waals surface area contributed by atoms with E-state index in [1.165, 1.54) is 16.0 Å². The van der Waals surface area contributed by atoms with Crippen LogP contribution in [0.1, 0.15) is 62.6 Å². The quantitative estimate of drug-likeness (QED) is 0.553. The van der Waals surface area contributed by atoms with Crippen LogP contribution in [0.4, 0.5) is 4.79 Å². The zero-order valence-electron chi connectivity index (χ0n) is 18.3. The van der Waals surface area contributed by atoms with Crippen molar-refractivity contribution in [1.29, 1.82) is 0 Å². The van der Waals surface area contributed by atoms with Crippen LogP contribution >= 0.6 is 0 Å². The highest BCUT2D eigenvalue weighted by Crippen LogP contribution is 2.39. The van der Waals surface area contributed by atoms with E-state index >= 15 is 0 Å². The van der Waals surface area contributed by atoms with Crippen LogP contribution in [-0.2, 0) is 9.53 Å². The van der Waals surface area contributed by atoms with Gasteiger partial charge < -0.3 is 4.74 Å². The van der Waals surface area contributed by atoms with Crippen molar-refractivity contribution in [3.8, 4) is 0 Å². The standard InChI is InChI=1S/C26H32N2O3/c1-2-3-4-11-18-28-24(29)26(31-25(28)30)16-19-27(20-17-26)23(21-12-7-5-8-13-21)22-14-9-6-10-15-22/h5-10,12-15,23H,2-4,11,16-20H2,1H3. The molecule has 31 heavy (non-hydrogen) atoms. The van der Waals surface area contributed by atoms with Crippen LogP contribution in [0.15, 0.2) is 60.7 Å². The largest absolute Gasteiger partial charge is 0.432 e. The van der Waals surface area contributed by atoms with Crippen molar-refractivity contribution >= 4 is 12.0 Å². The molecule has 2 heterocycles. The van der Waals surface area contributed by atoms with Gasteiger partial charge in [-0.15, -0.1) is 0 Å². The van der Waals surface area contributed by atoms with Crippen molar-refractivity contribution < 1.29 is 14.3 Å². The maximum atomic E-state index is 13.1. The van der Waals surface area contributed by atoms with Crippen molar-refractivity contribution in [2.75, 3.05) is 19.6 Å². The third kappa shape index (κ3) is 4.52. The molecule has 2 aromatic carbocycles. The van der Waals surface area contributed by atoms with E-state index in [1.807, 2.05) is 12.1 Å². The van der Waals surface area contributed by atoms with Gasteiger partial charge in [-0.05, 0) is 17.5 Å². The van der Waals surface area contributed by atoms with E-state index in [4.69, 9.17) is 4.74 Å². The van der Waals surface area contributed by atoms with Gasteiger partial charge in [0.25, 0.3) is 5.91 Å². The minimum Gasteiger partial charge on any atom is -0.432 e. The molecule has 164 valence electrons. The molecule has 0 aromatic heterocycles. The number of imide groups is 1. The molecule has 0 radical (unpaired) electrons. The number of hydrogen-bond donors (Lipinski definition) is 0. The lowest BCUT2D eigenvalue weighted by molar-refractivity contribution is -0.140. The maximum Gasteiger partial charge on any atom is 0.417 e. The van der Waals surface area contributed by atoms with Gasteiger partial charge >= 0.3 is 6.09 Å². The van der Waals surface area contributed by atoms with Crippen LogP contribution in [0.25, 0.3) is 0 Å². The van der Waals surface area contributed by atoms with Crippen LogP contribution in [0.3, 0.4) is 0 Å². The smallest absolute Gasteiger partial charge is 0.417 e. The minimum atomic E-state index is -0.976. The van der Waals surface area contributed by atoms with E-state index in [0.29, 0.717) is 32.5 Å². The Morgan fingerprint density at radius 2 is 1.45 bits per heavy atom. The Labute approximate surface area is 185 Å². The van der Waals surface area contributed by atoms with Crippen LogP contribution in [0.2, 0.25) is 0 Å². The van der Waals surface area contributed by atoms with Crippen LogP contribution in [0.5, 0.6) is 0 Å². The molecule has 0 saturated carbocycles. The van der Waals surface area contributed by atoms with E-state index in [-0.39, 0.29) is 11.9 Å². The number of ether oxygens (including phenoxy) is 1. The summed E-state index contributed by atoms with van der Waals surface area (Å²) >= 11 is 0. The highest BCUT2D eigenvalue weighted by Gasteiger charge is 2.55. The zero-order chi connectivity index (χ0) is 21.7. The first-order valence-electron chi connectivity index (χ1n) is 11.5. The summed E-state index contributed by atoms with van der Waals surface area (Å²) in [6, 6.07) is 21.1. The third-order valence-electron chi connectivity index (χ3n) is 6.57. The summed E-state index contributed by atoms with van der Waals surface area (Å²) in [6.45, 7) is 4.03. The number of hydrogen-bond acceptors (Lipinski definition) is 4. The number of rotatable bonds is 8. The van der Waals surface area contributed by atoms with Gasteiger partial charge in [-0.2, -0.15) is 0 Å². The van der Waals surface area contributed by atoms with Gasteiger partial charge in [0, 0.05) is 32.5 Å². The van der Waals surface area contributed by atoms with Crippen molar-refractivity contribution in [1.82, 2.24) is 9.80 Å². The van der Waals surface area contributed by atoms with E-state index in [2.05, 4.69) is 60.4 Å². The predicted octanol–water partition coefficient (Wildman–Crippen LogP) is 5.17. The second kappa shape index (κ2) is 9.65. The number of carbonyl (C=O) groups is 2. The summed E-state index contributed by atoms with van der Waals surface area (Å²) in [4.78, 5) is 29.3. The Morgan fingerprint density at radius 3 is 2.00 bits per heavy atom. The first-order valence-corrected chi connectivity index (χ1v) is 11.5. The third-order valence-corrected chi connectivity index (χ3v) is 6.57. The molecule has 2 fully saturated rings. The Bertz CT molecular complexity index is 837. The molecule has 0 bridgehead atoms. The monoisotopic (exact) mass is 420 g/mol. The molecule has 4 rings (SSSR count). The zero-order valence-corrected chi connectivity index (χ0v) is 18.3. The number of likely N-dealkylation sites (tertiary alicyclic amines) is 1. The molecule has 0 atom stereocenters. The molecule has 0 aliphatic carbocycles. The summed E-state index contributed by atoms with van der Waals surface area (Å²) in [5.74, 6) is -0.135. The van der Waals surface area contributed by atoms with E-state index < -0.39 is 11.7 Å². The Kier molecular flexibility index (Phi) is 6.71. The van der Waals surface area contributed by atoms with Crippen molar-refractivity contribution in [2.24, 2.45) is 0 Å². The van der Waals surface area contributed by atoms with Gasteiger partial charge in [0.2, 0.25) is 0 Å². The number of nitrogens with zero attached hydrogens (tertiary/aromatic N) is 2. The summed E-state index contributed by atoms with van der Waals surface area (Å²) in [6.07, 6.45) is 4.75. The fourth-order valence-electron chi connectivity index (χ4n) is 4.83. The molecular formula is C26H32N2O3. The first kappa shape index (κ1) is 21.6. The summed E-state index contributed by atoms with van der Waals surface area (Å²) in [5.41, 5.74) is 1.49. The summed E-state index contributed by atoms with van der Waals surface area (Å²) < 4.78 is 5.72. The van der Waals surface area contributed by atoms with Gasteiger partial charge in [0.1, 0.15) is 0 Å². The van der Waals surface area contributed by atoms with E-state index in [9.17, 15) is 9.59 Å². The maximum absolute atomic E-state index is 13.1. The molecule has 2 aliphatic heterocycles. The summed E-state index contributed by atoms with van der Waals surface area (Å²) in [5, 5.41) is 0. The molecule has 2 aromatic rings. The lowest BCUT2D eigenvalue weighted by atomic mass is 9.87. The molecule has 1 spiro atoms. The molecule has 2 saturated heterocycles. The van der Waals surface area contributed by atoms with Gasteiger partial charge in [-0.3, -0.25) is 9.69 Å². The molecule has 0 unspecified atom stereocenters. The minimum absolute atomic E-state index is 0.122. The Balaban J connectivity index is 1.47. The Hall–Kier alpha value is -2.66. The molecule has 2 aliphatic rings. The van der Waals surface area contributed by atoms with E-state index in [1.54, 1.807) is 0 Å². The number of unbranched alkanes of at least 4 members (excludes halogenated alkanes) is 3. The molecule has 0 N–H and O–H groups in total. The fraction of sp³-hybridized carbons (Fsp3) is 0.462. The highest BCUT2D eigenvalue weighted by molar-refractivity contribution is 6.03. The number of carbonyl (C=O) groups excluding carboxylic acids is 2. The predicted molar refractivity (Wildman–Crippen MR) is 121 cm³/mol. The molecule has 5 nitrogen and oxygen atoms in total. The first-order chi connectivity index (χ1) is 15.1. The van der Waals surface area contributed by atoms with Crippen molar-refractivity contribution in [3.05, 3.63) is 71.8 Å². The summed E-state index contributed by atoms with van der Waals surface area (Å²) in [7, 11) is 0. The fourth-order valence-corrected chi connectivity index (χ4v) is 4.83.